The number of carbonyl (C=O) groups is 2. The SMILES string of the molecule is NC1CCC(CNC(=O)[C@@H]2CCCN2C(=O)C2(O)c3ccccc3-c3ccccc32)CC1. The fourth-order valence-corrected chi connectivity index (χ4v) is 5.69. The smallest absolute Gasteiger partial charge is 0.264 e. The van der Waals surface area contributed by atoms with Crippen LogP contribution in [0.3, 0.4) is 0 Å². The van der Waals surface area contributed by atoms with Crippen LogP contribution in [-0.4, -0.2) is 47.0 Å². The number of rotatable bonds is 4. The summed E-state index contributed by atoms with van der Waals surface area (Å²) in [5.74, 6) is -0.0767. The molecule has 6 nitrogen and oxygen atoms in total. The van der Waals surface area contributed by atoms with E-state index < -0.39 is 17.6 Å². The van der Waals surface area contributed by atoms with Gasteiger partial charge in [0.1, 0.15) is 6.04 Å². The molecule has 1 saturated carbocycles. The molecule has 168 valence electrons. The number of aliphatic hydroxyl groups is 1. The van der Waals surface area contributed by atoms with Gasteiger partial charge in [-0.3, -0.25) is 9.59 Å². The molecule has 0 bridgehead atoms. The lowest BCUT2D eigenvalue weighted by Gasteiger charge is -2.33. The highest BCUT2D eigenvalue weighted by molar-refractivity contribution is 6.00. The van der Waals surface area contributed by atoms with Crippen molar-refractivity contribution in [3.63, 3.8) is 0 Å². The average molecular weight is 434 g/mol. The van der Waals surface area contributed by atoms with Crippen molar-refractivity contribution < 1.29 is 14.7 Å². The van der Waals surface area contributed by atoms with Crippen molar-refractivity contribution in [2.45, 2.75) is 56.2 Å². The fraction of sp³-hybridized carbons (Fsp3) is 0.462. The summed E-state index contributed by atoms with van der Waals surface area (Å²) < 4.78 is 0. The first kappa shape index (κ1) is 21.2. The molecule has 2 aromatic carbocycles. The molecule has 2 aromatic rings. The first-order chi connectivity index (χ1) is 15.5. The molecule has 1 atom stereocenters. The number of carbonyl (C=O) groups excluding carboxylic acids is 2. The van der Waals surface area contributed by atoms with Crippen molar-refractivity contribution in [3.8, 4) is 11.1 Å². The molecular weight excluding hydrogens is 402 g/mol. The normalized spacial score (nSPS) is 25.8. The van der Waals surface area contributed by atoms with Gasteiger partial charge in [-0.25, -0.2) is 0 Å². The number of fused-ring (bicyclic) bond motifs is 3. The predicted molar refractivity (Wildman–Crippen MR) is 123 cm³/mol. The molecule has 2 aliphatic carbocycles. The maximum absolute atomic E-state index is 13.8. The van der Waals surface area contributed by atoms with E-state index in [1.807, 2.05) is 48.5 Å². The summed E-state index contributed by atoms with van der Waals surface area (Å²) in [5.41, 5.74) is 7.15. The Bertz CT molecular complexity index is 983. The van der Waals surface area contributed by atoms with E-state index in [2.05, 4.69) is 5.32 Å². The summed E-state index contributed by atoms with van der Waals surface area (Å²) in [5, 5.41) is 14.9. The molecule has 1 heterocycles. The van der Waals surface area contributed by atoms with Crippen LogP contribution in [0.2, 0.25) is 0 Å². The van der Waals surface area contributed by atoms with E-state index in [1.165, 1.54) is 0 Å². The van der Waals surface area contributed by atoms with Crippen molar-refractivity contribution in [2.75, 3.05) is 13.1 Å². The lowest BCUT2D eigenvalue weighted by atomic mass is 9.86. The minimum absolute atomic E-state index is 0.117. The van der Waals surface area contributed by atoms with Gasteiger partial charge in [0, 0.05) is 30.3 Å². The zero-order chi connectivity index (χ0) is 22.3. The largest absolute Gasteiger partial charge is 0.372 e. The minimum Gasteiger partial charge on any atom is -0.372 e. The highest BCUT2D eigenvalue weighted by Gasteiger charge is 2.52. The number of likely N-dealkylation sites (tertiary alicyclic amines) is 1. The van der Waals surface area contributed by atoms with E-state index in [1.54, 1.807) is 4.90 Å². The van der Waals surface area contributed by atoms with E-state index in [4.69, 9.17) is 5.73 Å². The van der Waals surface area contributed by atoms with Crippen LogP contribution in [0.15, 0.2) is 48.5 Å². The maximum Gasteiger partial charge on any atom is 0.264 e. The van der Waals surface area contributed by atoms with Gasteiger partial charge in [0.05, 0.1) is 0 Å². The van der Waals surface area contributed by atoms with Crippen LogP contribution in [-0.2, 0) is 15.2 Å². The summed E-state index contributed by atoms with van der Waals surface area (Å²) in [6, 6.07) is 14.7. The molecule has 3 aliphatic rings. The fourth-order valence-electron chi connectivity index (χ4n) is 5.69. The number of nitrogens with two attached hydrogens (primary N) is 1. The third-order valence-corrected chi connectivity index (χ3v) is 7.51. The molecule has 1 aliphatic heterocycles. The van der Waals surface area contributed by atoms with Gasteiger partial charge in [0.2, 0.25) is 5.91 Å². The molecule has 1 saturated heterocycles. The van der Waals surface area contributed by atoms with Crippen LogP contribution >= 0.6 is 0 Å². The van der Waals surface area contributed by atoms with Gasteiger partial charge in [-0.05, 0) is 55.6 Å². The highest BCUT2D eigenvalue weighted by atomic mass is 16.3. The highest BCUT2D eigenvalue weighted by Crippen LogP contribution is 2.48. The van der Waals surface area contributed by atoms with Crippen molar-refractivity contribution in [3.05, 3.63) is 59.7 Å². The van der Waals surface area contributed by atoms with E-state index in [-0.39, 0.29) is 11.9 Å². The minimum atomic E-state index is -1.77. The van der Waals surface area contributed by atoms with Gasteiger partial charge < -0.3 is 21.1 Å². The molecule has 6 heteroatoms. The van der Waals surface area contributed by atoms with Gasteiger partial charge in [0.25, 0.3) is 5.91 Å². The molecule has 32 heavy (non-hydrogen) atoms. The first-order valence-electron chi connectivity index (χ1n) is 11.8. The first-order valence-corrected chi connectivity index (χ1v) is 11.8. The zero-order valence-electron chi connectivity index (χ0n) is 18.3. The Morgan fingerprint density at radius 2 is 1.56 bits per heavy atom. The van der Waals surface area contributed by atoms with Crippen LogP contribution in [0, 0.1) is 5.92 Å². The molecule has 0 aromatic heterocycles. The number of amides is 2. The van der Waals surface area contributed by atoms with Gasteiger partial charge >= 0.3 is 0 Å². The van der Waals surface area contributed by atoms with Crippen LogP contribution in [0.5, 0.6) is 0 Å². The lowest BCUT2D eigenvalue weighted by Crippen LogP contribution is -2.53. The maximum atomic E-state index is 13.8. The van der Waals surface area contributed by atoms with Crippen LogP contribution in [0.25, 0.3) is 11.1 Å². The van der Waals surface area contributed by atoms with E-state index in [0.717, 1.165) is 43.2 Å². The standard InChI is InChI=1S/C26H31N3O3/c27-18-13-11-17(12-14-18)16-28-24(30)23-10-5-15-29(23)25(31)26(32)21-8-3-1-6-19(21)20-7-2-4-9-22(20)26/h1-4,6-9,17-18,23,32H,5,10-16,27H2,(H,28,30)/t17?,18?,23-/m0/s1. The molecule has 0 unspecified atom stereocenters. The quantitative estimate of drug-likeness (QED) is 0.690. The summed E-state index contributed by atoms with van der Waals surface area (Å²) in [6.07, 6.45) is 5.43. The molecule has 4 N–H and O–H groups in total. The Balaban J connectivity index is 1.36. The molecule has 2 fully saturated rings. The Morgan fingerprint density at radius 1 is 0.969 bits per heavy atom. The number of nitrogens with one attached hydrogen (secondary N) is 1. The molecule has 0 radical (unpaired) electrons. The van der Waals surface area contributed by atoms with E-state index in [9.17, 15) is 14.7 Å². The van der Waals surface area contributed by atoms with Gasteiger partial charge in [0.15, 0.2) is 5.60 Å². The summed E-state index contributed by atoms with van der Waals surface area (Å²) in [4.78, 5) is 28.5. The molecule has 0 spiro atoms. The second-order valence-corrected chi connectivity index (χ2v) is 9.48. The second kappa shape index (κ2) is 8.34. The number of hydrogen-bond donors (Lipinski definition) is 3. The topological polar surface area (TPSA) is 95.7 Å². The zero-order valence-corrected chi connectivity index (χ0v) is 18.3. The van der Waals surface area contributed by atoms with Crippen molar-refractivity contribution in [1.29, 1.82) is 0 Å². The molecule has 5 rings (SSSR count). The van der Waals surface area contributed by atoms with Crippen molar-refractivity contribution >= 4 is 11.8 Å². The van der Waals surface area contributed by atoms with Crippen LogP contribution in [0.1, 0.15) is 49.7 Å². The lowest BCUT2D eigenvalue weighted by molar-refractivity contribution is -0.151. The third-order valence-electron chi connectivity index (χ3n) is 7.51. The number of benzene rings is 2. The molecule has 2 amide bonds. The Kier molecular flexibility index (Phi) is 5.51. The predicted octanol–water partition coefficient (Wildman–Crippen LogP) is 2.53. The van der Waals surface area contributed by atoms with Gasteiger partial charge in [-0.15, -0.1) is 0 Å². The summed E-state index contributed by atoms with van der Waals surface area (Å²) >= 11 is 0. The number of hydrogen-bond acceptors (Lipinski definition) is 4. The molecular formula is C26H31N3O3. The van der Waals surface area contributed by atoms with Crippen molar-refractivity contribution in [1.82, 2.24) is 10.2 Å². The monoisotopic (exact) mass is 433 g/mol. The van der Waals surface area contributed by atoms with Gasteiger partial charge in [-0.2, -0.15) is 0 Å². The Hall–Kier alpha value is -2.70. The summed E-state index contributed by atoms with van der Waals surface area (Å²) in [6.45, 7) is 1.10. The Morgan fingerprint density at radius 3 is 2.19 bits per heavy atom. The van der Waals surface area contributed by atoms with Crippen LogP contribution in [0.4, 0.5) is 0 Å². The average Bonchev–Trinajstić information content (AvgIpc) is 3.41. The number of nitrogens with zero attached hydrogens (tertiary/aromatic N) is 1. The van der Waals surface area contributed by atoms with Crippen molar-refractivity contribution in [2.24, 2.45) is 11.7 Å². The Labute approximate surface area is 188 Å². The second-order valence-electron chi connectivity index (χ2n) is 9.48. The van der Waals surface area contributed by atoms with Crippen LogP contribution < -0.4 is 11.1 Å². The third kappa shape index (κ3) is 3.42. The summed E-state index contributed by atoms with van der Waals surface area (Å²) in [7, 11) is 0. The van der Waals surface area contributed by atoms with E-state index in [0.29, 0.717) is 36.6 Å². The van der Waals surface area contributed by atoms with E-state index >= 15 is 0 Å². The van der Waals surface area contributed by atoms with Gasteiger partial charge in [-0.1, -0.05) is 48.5 Å².